The minimum absolute atomic E-state index is 0.0649. The zero-order valence-corrected chi connectivity index (χ0v) is 9.17. The minimum Gasteiger partial charge on any atom is -0.300 e. The quantitative estimate of drug-likeness (QED) is 0.568. The first kappa shape index (κ1) is 13.7. The Kier molecular flexibility index (Phi) is 6.42. The number of hydrogen-bond acceptors (Lipinski definition) is 4. The number of carbonyl (C=O) groups is 4. The van der Waals surface area contributed by atoms with Crippen LogP contribution in [0.2, 0.25) is 0 Å². The fraction of sp³-hybridized carbons (Fsp3) is 0.636. The predicted molar refractivity (Wildman–Crippen MR) is 54.5 cm³/mol. The largest absolute Gasteiger partial charge is 0.300 e. The van der Waals surface area contributed by atoms with Gasteiger partial charge in [0, 0.05) is 19.3 Å². The van der Waals surface area contributed by atoms with Crippen molar-refractivity contribution in [1.29, 1.82) is 0 Å². The molecule has 0 bridgehead atoms. The van der Waals surface area contributed by atoms with Crippen molar-refractivity contribution < 1.29 is 19.2 Å². The summed E-state index contributed by atoms with van der Waals surface area (Å²) in [5.41, 5.74) is 0. The van der Waals surface area contributed by atoms with E-state index in [9.17, 15) is 19.2 Å². The monoisotopic (exact) mass is 212 g/mol. The van der Waals surface area contributed by atoms with E-state index in [0.717, 1.165) is 0 Å². The third kappa shape index (κ3) is 7.73. The predicted octanol–water partition coefficient (Wildman–Crippen LogP) is 1.25. The van der Waals surface area contributed by atoms with Crippen LogP contribution in [-0.2, 0) is 19.2 Å². The molecule has 15 heavy (non-hydrogen) atoms. The summed E-state index contributed by atoms with van der Waals surface area (Å²) in [6.45, 7) is 3.02. The fourth-order valence-electron chi connectivity index (χ4n) is 1.08. The Morgan fingerprint density at radius 2 is 1.27 bits per heavy atom. The van der Waals surface area contributed by atoms with Gasteiger partial charge in [-0.1, -0.05) is 6.92 Å². The van der Waals surface area contributed by atoms with Crippen LogP contribution in [0.5, 0.6) is 0 Å². The van der Waals surface area contributed by atoms with Gasteiger partial charge in [-0.2, -0.15) is 0 Å². The Morgan fingerprint density at radius 1 is 0.800 bits per heavy atom. The van der Waals surface area contributed by atoms with Gasteiger partial charge in [0.05, 0.1) is 12.8 Å². The number of ketones is 4. The van der Waals surface area contributed by atoms with E-state index in [4.69, 9.17) is 0 Å². The molecule has 0 aromatic heterocycles. The van der Waals surface area contributed by atoms with Gasteiger partial charge in [0.1, 0.15) is 23.1 Å². The maximum absolute atomic E-state index is 11.1. The SMILES string of the molecule is CCC(=O)CC(=O)CCC(=O)CC(C)=O. The molecule has 0 aliphatic carbocycles. The smallest absolute Gasteiger partial charge is 0.140 e. The third-order valence-corrected chi connectivity index (χ3v) is 1.92. The van der Waals surface area contributed by atoms with Gasteiger partial charge in [-0.05, 0) is 6.92 Å². The summed E-state index contributed by atoms with van der Waals surface area (Å²) in [5.74, 6) is -0.769. The lowest BCUT2D eigenvalue weighted by Gasteiger charge is -1.98. The summed E-state index contributed by atoms with van der Waals surface area (Å²) < 4.78 is 0. The number of carbonyl (C=O) groups excluding carboxylic acids is 4. The Hall–Kier alpha value is -1.32. The summed E-state index contributed by atoms with van der Waals surface area (Å²) in [4.78, 5) is 43.6. The van der Waals surface area contributed by atoms with Gasteiger partial charge in [-0.15, -0.1) is 0 Å². The Labute approximate surface area is 89.0 Å². The van der Waals surface area contributed by atoms with Crippen LogP contribution in [0, 0.1) is 0 Å². The van der Waals surface area contributed by atoms with E-state index in [1.54, 1.807) is 6.92 Å². The van der Waals surface area contributed by atoms with Gasteiger partial charge in [-0.25, -0.2) is 0 Å². The first-order valence-corrected chi connectivity index (χ1v) is 5.00. The third-order valence-electron chi connectivity index (χ3n) is 1.92. The summed E-state index contributed by atoms with van der Waals surface area (Å²) in [7, 11) is 0. The molecule has 0 unspecified atom stereocenters. The molecule has 0 N–H and O–H groups in total. The molecule has 0 atom stereocenters. The molecule has 0 radical (unpaired) electrons. The van der Waals surface area contributed by atoms with E-state index < -0.39 is 0 Å². The first-order valence-electron chi connectivity index (χ1n) is 5.00. The van der Waals surface area contributed by atoms with Crippen LogP contribution >= 0.6 is 0 Å². The fourth-order valence-corrected chi connectivity index (χ4v) is 1.08. The number of hydrogen-bond donors (Lipinski definition) is 0. The Balaban J connectivity index is 3.76. The van der Waals surface area contributed by atoms with Crippen molar-refractivity contribution in [2.45, 2.75) is 46.0 Å². The van der Waals surface area contributed by atoms with Crippen LogP contribution in [0.1, 0.15) is 46.0 Å². The topological polar surface area (TPSA) is 68.3 Å². The molecule has 84 valence electrons. The summed E-state index contributed by atoms with van der Waals surface area (Å²) in [5, 5.41) is 0. The lowest BCUT2D eigenvalue weighted by Crippen LogP contribution is -2.10. The van der Waals surface area contributed by atoms with Crippen LogP contribution in [0.3, 0.4) is 0 Å². The van der Waals surface area contributed by atoms with Gasteiger partial charge in [0.2, 0.25) is 0 Å². The maximum Gasteiger partial charge on any atom is 0.140 e. The lowest BCUT2D eigenvalue weighted by atomic mass is 10.0. The maximum atomic E-state index is 11.1. The number of Topliss-reactive ketones (excluding diaryl/α,β-unsaturated/α-hetero) is 4. The second-order valence-corrected chi connectivity index (χ2v) is 3.53. The second kappa shape index (κ2) is 7.04. The van der Waals surface area contributed by atoms with Gasteiger partial charge in [0.15, 0.2) is 0 Å². The molecular formula is C11H16O4. The molecule has 0 aromatic carbocycles. The molecule has 0 aliphatic heterocycles. The van der Waals surface area contributed by atoms with E-state index in [1.165, 1.54) is 6.92 Å². The van der Waals surface area contributed by atoms with E-state index >= 15 is 0 Å². The highest BCUT2D eigenvalue weighted by molar-refractivity contribution is 6.02. The summed E-state index contributed by atoms with van der Waals surface area (Å²) in [6, 6.07) is 0. The van der Waals surface area contributed by atoms with Gasteiger partial charge >= 0.3 is 0 Å². The summed E-state index contributed by atoms with van der Waals surface area (Å²) in [6.07, 6.45) is 0.263. The van der Waals surface area contributed by atoms with Crippen LogP contribution in [-0.4, -0.2) is 23.1 Å². The van der Waals surface area contributed by atoms with Crippen molar-refractivity contribution in [2.24, 2.45) is 0 Å². The Morgan fingerprint density at radius 3 is 1.67 bits per heavy atom. The highest BCUT2D eigenvalue weighted by Gasteiger charge is 2.11. The van der Waals surface area contributed by atoms with Crippen LogP contribution < -0.4 is 0 Å². The molecule has 0 fully saturated rings. The van der Waals surface area contributed by atoms with Crippen molar-refractivity contribution in [2.75, 3.05) is 0 Å². The molecule has 0 rings (SSSR count). The van der Waals surface area contributed by atoms with Crippen molar-refractivity contribution >= 4 is 23.1 Å². The van der Waals surface area contributed by atoms with Crippen LogP contribution in [0.25, 0.3) is 0 Å². The van der Waals surface area contributed by atoms with Crippen LogP contribution in [0.4, 0.5) is 0 Å². The molecule has 4 nitrogen and oxygen atoms in total. The molecule has 4 heteroatoms. The molecular weight excluding hydrogens is 196 g/mol. The molecule has 0 amide bonds. The first-order chi connectivity index (χ1) is 6.95. The average Bonchev–Trinajstić information content (AvgIpc) is 2.13. The van der Waals surface area contributed by atoms with E-state index in [1.807, 2.05) is 0 Å². The van der Waals surface area contributed by atoms with E-state index in [0.29, 0.717) is 6.42 Å². The van der Waals surface area contributed by atoms with Gasteiger partial charge < -0.3 is 0 Å². The van der Waals surface area contributed by atoms with Crippen molar-refractivity contribution in [3.8, 4) is 0 Å². The number of rotatable bonds is 8. The average molecular weight is 212 g/mol. The zero-order chi connectivity index (χ0) is 11.8. The van der Waals surface area contributed by atoms with Crippen LogP contribution in [0.15, 0.2) is 0 Å². The summed E-state index contributed by atoms with van der Waals surface area (Å²) >= 11 is 0. The molecule has 0 saturated carbocycles. The highest BCUT2D eigenvalue weighted by atomic mass is 16.2. The van der Waals surface area contributed by atoms with E-state index in [-0.39, 0.29) is 48.8 Å². The Bertz CT molecular complexity index is 278. The lowest BCUT2D eigenvalue weighted by molar-refractivity contribution is -0.130. The van der Waals surface area contributed by atoms with Crippen molar-refractivity contribution in [1.82, 2.24) is 0 Å². The zero-order valence-electron chi connectivity index (χ0n) is 9.17. The highest BCUT2D eigenvalue weighted by Crippen LogP contribution is 2.01. The molecule has 0 aliphatic rings. The second-order valence-electron chi connectivity index (χ2n) is 3.53. The standard InChI is InChI=1S/C11H16O4/c1-3-9(13)7-11(15)5-4-10(14)6-8(2)12/h3-7H2,1-2H3. The molecule has 0 saturated heterocycles. The van der Waals surface area contributed by atoms with Crippen molar-refractivity contribution in [3.05, 3.63) is 0 Å². The molecule has 0 aromatic rings. The van der Waals surface area contributed by atoms with E-state index in [2.05, 4.69) is 0 Å². The molecule has 0 heterocycles. The van der Waals surface area contributed by atoms with Crippen molar-refractivity contribution in [3.63, 3.8) is 0 Å². The van der Waals surface area contributed by atoms with Gasteiger partial charge in [-0.3, -0.25) is 19.2 Å². The minimum atomic E-state index is -0.236. The normalized spacial score (nSPS) is 9.73. The van der Waals surface area contributed by atoms with Gasteiger partial charge in [0.25, 0.3) is 0 Å². The molecule has 0 spiro atoms.